The van der Waals surface area contributed by atoms with Crippen LogP contribution in [-0.4, -0.2) is 20.4 Å². The van der Waals surface area contributed by atoms with Crippen LogP contribution >= 0.6 is 0 Å². The molecule has 0 unspecified atom stereocenters. The molecule has 0 spiro atoms. The first-order valence-electron chi connectivity index (χ1n) is 9.64. The van der Waals surface area contributed by atoms with Gasteiger partial charge < -0.3 is 9.73 Å². The summed E-state index contributed by atoms with van der Waals surface area (Å²) >= 11 is 0. The maximum atomic E-state index is 12.8. The van der Waals surface area contributed by atoms with Gasteiger partial charge in [-0.3, -0.25) is 4.79 Å². The zero-order chi connectivity index (χ0) is 20.4. The van der Waals surface area contributed by atoms with Crippen molar-refractivity contribution in [2.45, 2.75) is 39.2 Å². The summed E-state index contributed by atoms with van der Waals surface area (Å²) in [6, 6.07) is 15.3. The van der Waals surface area contributed by atoms with Crippen molar-refractivity contribution >= 4 is 17.2 Å². The highest BCUT2D eigenvalue weighted by Gasteiger charge is 2.16. The number of benzene rings is 1. The van der Waals surface area contributed by atoms with Crippen molar-refractivity contribution in [1.29, 1.82) is 0 Å². The van der Waals surface area contributed by atoms with E-state index >= 15 is 0 Å². The molecule has 0 aliphatic heterocycles. The molecule has 0 saturated carbocycles. The minimum absolute atomic E-state index is 0.0406. The Labute approximate surface area is 169 Å². The molecule has 1 aromatic carbocycles. The first-order valence-corrected chi connectivity index (χ1v) is 9.64. The van der Waals surface area contributed by atoms with Crippen LogP contribution in [0.5, 0.6) is 0 Å². The van der Waals surface area contributed by atoms with Crippen LogP contribution in [0.3, 0.4) is 0 Å². The SMILES string of the molecule is CC(C)(C)c1ccc(C(=O)Cc2cc(NCc3ccco3)n3nccc3n2)cc1. The highest BCUT2D eigenvalue weighted by molar-refractivity contribution is 5.97. The first-order chi connectivity index (χ1) is 13.9. The number of aromatic nitrogens is 3. The Morgan fingerprint density at radius 3 is 2.62 bits per heavy atom. The molecule has 4 rings (SSSR count). The van der Waals surface area contributed by atoms with Crippen molar-refractivity contribution in [2.75, 3.05) is 5.32 Å². The minimum atomic E-state index is 0.0406. The van der Waals surface area contributed by atoms with Gasteiger partial charge in [-0.2, -0.15) is 9.61 Å². The summed E-state index contributed by atoms with van der Waals surface area (Å²) in [7, 11) is 0. The van der Waals surface area contributed by atoms with E-state index in [1.54, 1.807) is 17.0 Å². The highest BCUT2D eigenvalue weighted by atomic mass is 16.3. The Kier molecular flexibility index (Phi) is 4.92. The number of carbonyl (C=O) groups is 1. The van der Waals surface area contributed by atoms with Crippen molar-refractivity contribution in [3.63, 3.8) is 0 Å². The van der Waals surface area contributed by atoms with Gasteiger partial charge in [-0.25, -0.2) is 4.98 Å². The summed E-state index contributed by atoms with van der Waals surface area (Å²) in [4.78, 5) is 17.4. The third-order valence-corrected chi connectivity index (χ3v) is 4.85. The molecule has 0 bridgehead atoms. The summed E-state index contributed by atoms with van der Waals surface area (Å²) in [6.45, 7) is 7.00. The van der Waals surface area contributed by atoms with Gasteiger partial charge in [0.2, 0.25) is 0 Å². The Hall–Kier alpha value is -3.41. The van der Waals surface area contributed by atoms with Crippen molar-refractivity contribution in [1.82, 2.24) is 14.6 Å². The van der Waals surface area contributed by atoms with Crippen LogP contribution in [0.15, 0.2) is 65.4 Å². The van der Waals surface area contributed by atoms with E-state index in [9.17, 15) is 4.79 Å². The summed E-state index contributed by atoms with van der Waals surface area (Å²) in [5.41, 5.74) is 3.35. The maximum Gasteiger partial charge on any atom is 0.168 e. The lowest BCUT2D eigenvalue weighted by atomic mass is 9.86. The topological polar surface area (TPSA) is 72.4 Å². The number of furan rings is 1. The van der Waals surface area contributed by atoms with Gasteiger partial charge in [0.15, 0.2) is 11.4 Å². The van der Waals surface area contributed by atoms with Gasteiger partial charge in [0.25, 0.3) is 0 Å². The molecule has 0 saturated heterocycles. The van der Waals surface area contributed by atoms with Gasteiger partial charge in [0, 0.05) is 17.7 Å². The average Bonchev–Trinajstić information content (AvgIpc) is 3.37. The lowest BCUT2D eigenvalue weighted by Gasteiger charge is -2.19. The fourth-order valence-corrected chi connectivity index (χ4v) is 3.20. The van der Waals surface area contributed by atoms with Crippen LogP contribution < -0.4 is 5.32 Å². The molecule has 148 valence electrons. The number of hydrogen-bond donors (Lipinski definition) is 1. The van der Waals surface area contributed by atoms with Gasteiger partial charge in [0.05, 0.1) is 31.1 Å². The van der Waals surface area contributed by atoms with Gasteiger partial charge in [-0.1, -0.05) is 45.0 Å². The average molecular weight is 388 g/mol. The van der Waals surface area contributed by atoms with Crippen molar-refractivity contribution in [3.05, 3.63) is 83.6 Å². The second kappa shape index (κ2) is 7.54. The molecule has 6 nitrogen and oxygen atoms in total. The Bertz CT molecular complexity index is 1120. The molecule has 29 heavy (non-hydrogen) atoms. The van der Waals surface area contributed by atoms with Crippen LogP contribution in [0.25, 0.3) is 5.65 Å². The van der Waals surface area contributed by atoms with Gasteiger partial charge >= 0.3 is 0 Å². The van der Waals surface area contributed by atoms with Crippen LogP contribution in [0, 0.1) is 0 Å². The fourth-order valence-electron chi connectivity index (χ4n) is 3.20. The van der Waals surface area contributed by atoms with Crippen LogP contribution in [-0.2, 0) is 18.4 Å². The predicted molar refractivity (Wildman–Crippen MR) is 112 cm³/mol. The van der Waals surface area contributed by atoms with E-state index in [0.717, 1.165) is 11.6 Å². The maximum absolute atomic E-state index is 12.8. The molecule has 4 aromatic rings. The number of nitrogens with zero attached hydrogens (tertiary/aromatic N) is 3. The van der Waals surface area contributed by atoms with E-state index in [1.165, 1.54) is 5.56 Å². The molecule has 0 fully saturated rings. The minimum Gasteiger partial charge on any atom is -0.467 e. The third kappa shape index (κ3) is 4.21. The molecule has 1 N–H and O–H groups in total. The van der Waals surface area contributed by atoms with Crippen LogP contribution in [0.1, 0.15) is 48.1 Å². The van der Waals surface area contributed by atoms with Crippen molar-refractivity contribution in [2.24, 2.45) is 0 Å². The largest absolute Gasteiger partial charge is 0.467 e. The zero-order valence-corrected chi connectivity index (χ0v) is 16.8. The number of anilines is 1. The molecule has 0 amide bonds. The van der Waals surface area contributed by atoms with Crippen LogP contribution in [0.4, 0.5) is 5.82 Å². The number of rotatable bonds is 6. The monoisotopic (exact) mass is 388 g/mol. The summed E-state index contributed by atoms with van der Waals surface area (Å²) in [6.07, 6.45) is 3.56. The number of ketones is 1. The van der Waals surface area contributed by atoms with Crippen molar-refractivity contribution < 1.29 is 9.21 Å². The summed E-state index contributed by atoms with van der Waals surface area (Å²) in [5, 5.41) is 7.61. The Morgan fingerprint density at radius 2 is 1.93 bits per heavy atom. The van der Waals surface area contributed by atoms with E-state index < -0.39 is 0 Å². The zero-order valence-electron chi connectivity index (χ0n) is 16.8. The summed E-state index contributed by atoms with van der Waals surface area (Å²) in [5.74, 6) is 1.62. The van der Waals surface area contributed by atoms with Gasteiger partial charge in [0.1, 0.15) is 11.6 Å². The number of hydrogen-bond acceptors (Lipinski definition) is 5. The second-order valence-electron chi connectivity index (χ2n) is 8.09. The lowest BCUT2D eigenvalue weighted by Crippen LogP contribution is -2.12. The number of Topliss-reactive ketones (excluding diaryl/α,β-unsaturated/α-hetero) is 1. The third-order valence-electron chi connectivity index (χ3n) is 4.85. The normalized spacial score (nSPS) is 11.7. The van der Waals surface area contributed by atoms with Gasteiger partial charge in [-0.15, -0.1) is 0 Å². The van der Waals surface area contributed by atoms with E-state index in [2.05, 4.69) is 36.2 Å². The number of carbonyl (C=O) groups excluding carboxylic acids is 1. The molecule has 0 atom stereocenters. The van der Waals surface area contributed by atoms with E-state index in [4.69, 9.17) is 4.42 Å². The molecule has 3 heterocycles. The van der Waals surface area contributed by atoms with E-state index in [-0.39, 0.29) is 17.6 Å². The Morgan fingerprint density at radius 1 is 1.14 bits per heavy atom. The molecule has 0 radical (unpaired) electrons. The highest BCUT2D eigenvalue weighted by Crippen LogP contribution is 2.23. The predicted octanol–water partition coefficient (Wildman–Crippen LogP) is 4.66. The lowest BCUT2D eigenvalue weighted by molar-refractivity contribution is 0.0992. The first kappa shape index (κ1) is 18.9. The molecule has 0 aliphatic carbocycles. The number of fused-ring (bicyclic) bond motifs is 1. The smallest absolute Gasteiger partial charge is 0.168 e. The molecule has 0 aliphatic rings. The molecule has 3 aromatic heterocycles. The van der Waals surface area contributed by atoms with E-state index in [0.29, 0.717) is 23.4 Å². The van der Waals surface area contributed by atoms with E-state index in [1.807, 2.05) is 48.5 Å². The van der Waals surface area contributed by atoms with Crippen molar-refractivity contribution in [3.8, 4) is 0 Å². The second-order valence-corrected chi connectivity index (χ2v) is 8.09. The molecule has 6 heteroatoms. The van der Waals surface area contributed by atoms with Crippen LogP contribution in [0.2, 0.25) is 0 Å². The fraction of sp³-hybridized carbons (Fsp3) is 0.261. The van der Waals surface area contributed by atoms with Gasteiger partial charge in [-0.05, 0) is 23.1 Å². The molecular weight excluding hydrogens is 364 g/mol. The number of nitrogens with one attached hydrogen (secondary N) is 1. The molecular formula is C23H24N4O2. The summed E-state index contributed by atoms with van der Waals surface area (Å²) < 4.78 is 7.09. The quantitative estimate of drug-likeness (QED) is 0.487. The standard InChI is InChI=1S/C23H24N4O2/c1-23(2,3)17-8-6-16(7-9-17)20(28)13-18-14-22(24-15-19-5-4-12-29-19)27-21(26-18)10-11-25-27/h4-12,14,24H,13,15H2,1-3H3. The Balaban J connectivity index is 1.55.